The highest BCUT2D eigenvalue weighted by Gasteiger charge is 2.42. The van der Waals surface area contributed by atoms with Crippen LogP contribution >= 0.6 is 0 Å². The van der Waals surface area contributed by atoms with Crippen molar-refractivity contribution in [3.63, 3.8) is 0 Å². The van der Waals surface area contributed by atoms with Gasteiger partial charge in [0.1, 0.15) is 42.3 Å². The van der Waals surface area contributed by atoms with Crippen LogP contribution in [0.2, 0.25) is 0 Å². The Morgan fingerprint density at radius 1 is 0.587 bits per heavy atom. The first-order valence-corrected chi connectivity index (χ1v) is 30.7. The predicted molar refractivity (Wildman–Crippen MR) is 342 cm³/mol. The Morgan fingerprint density at radius 2 is 1.08 bits per heavy atom. The number of amides is 9. The van der Waals surface area contributed by atoms with Gasteiger partial charge in [-0.1, -0.05) is 121 Å². The van der Waals surface area contributed by atoms with Crippen LogP contribution < -0.4 is 60.6 Å². The van der Waals surface area contributed by atoms with Gasteiger partial charge in [0.05, 0.1) is 19.2 Å². The summed E-state index contributed by atoms with van der Waals surface area (Å²) in [6, 6.07) is 23.7. The van der Waals surface area contributed by atoms with E-state index >= 15 is 4.79 Å². The van der Waals surface area contributed by atoms with E-state index in [4.69, 9.17) is 28.7 Å². The summed E-state index contributed by atoms with van der Waals surface area (Å²) in [6.07, 6.45) is 0.590. The molecule has 0 radical (unpaired) electrons. The average Bonchev–Trinajstić information content (AvgIpc) is 1.48. The highest BCUT2D eigenvalue weighted by Crippen LogP contribution is 2.24. The number of nitrogens with zero attached hydrogens (tertiary/aromatic N) is 5. The minimum Gasteiger partial charge on any atom is -0.480 e. The highest BCUT2D eigenvalue weighted by molar-refractivity contribution is 5.98. The van der Waals surface area contributed by atoms with Gasteiger partial charge >= 0.3 is 5.97 Å². The first-order valence-electron chi connectivity index (χ1n) is 30.7. The molecule has 0 aliphatic carbocycles. The van der Waals surface area contributed by atoms with E-state index in [0.717, 1.165) is 10.5 Å². The van der Waals surface area contributed by atoms with Gasteiger partial charge in [0.15, 0.2) is 11.9 Å². The zero-order chi connectivity index (χ0) is 66.5. The van der Waals surface area contributed by atoms with Gasteiger partial charge in [-0.2, -0.15) is 0 Å². The average molecular weight is 1270 g/mol. The zero-order valence-corrected chi connectivity index (χ0v) is 51.4. The second-order valence-corrected chi connectivity index (χ2v) is 22.5. The second kappa shape index (κ2) is 36.6. The quantitative estimate of drug-likeness (QED) is 0.0163. The number of guanidine groups is 2. The molecule has 6 rings (SSSR count). The maximum Gasteiger partial charge on any atom is 0.326 e. The Labute approximate surface area is 533 Å². The standard InChI is InChI=1S/C64H86N16O12/c65-45(25-13-29-71-63(66)67)60(89)80-33-16-31-70-53(82)28-34-78(54(83)39-73-58(87)50-27-15-32-79(50)61(90)52(80)38-44-23-11-4-12-24-44)51(37-43-21-9-3-10-22-43)59(88)77-49(40-81)57(86)76-48(36-42-19-7-2-8-20-42)56(85)75-47(35-41-17-5-1-6-18-41)55(84)74-46(62(91)92)26-14-30-72-64(68)69/h1-12,17-24,45-52,81H,13-16,25-40,65H2,(H,70,82)(H,73,87)(H,74,84)(H,75,85)(H,76,86)(H,77,88)(H,91,92)(H4,66,67,71)(H4,68,69,72)/t45-,46-,47-,48+,49-,50-,51-,52-/m0/s1. The van der Waals surface area contributed by atoms with Gasteiger partial charge in [0.2, 0.25) is 53.2 Å². The fourth-order valence-corrected chi connectivity index (χ4v) is 10.9. The Balaban J connectivity index is 1.26. The third-order valence-electron chi connectivity index (χ3n) is 15.7. The van der Waals surface area contributed by atoms with Crippen molar-refractivity contribution in [1.29, 1.82) is 0 Å². The SMILES string of the molecule is NC(N)=NCCC[C@H](NC(=O)[C@H](Cc1ccccc1)NC(=O)[C@@H](Cc1ccccc1)NC(=O)[C@H](CO)NC(=O)[C@H](Cc1ccccc1)N1CCC(=O)NCCCN(C(=O)[C@@H](N)CCCN=C(N)N)[C@@H](Cc2ccccc2)C(=O)N2CCC[C@H]2C(=O)NCC1=O)C(=O)O. The van der Waals surface area contributed by atoms with Crippen LogP contribution in [0.1, 0.15) is 73.6 Å². The van der Waals surface area contributed by atoms with E-state index in [9.17, 15) is 53.4 Å². The molecule has 0 unspecified atom stereocenters. The van der Waals surface area contributed by atoms with E-state index in [1.54, 1.807) is 103 Å². The van der Waals surface area contributed by atoms with Crippen molar-refractivity contribution in [3.05, 3.63) is 144 Å². The molecule has 494 valence electrons. The molecule has 2 heterocycles. The number of aliphatic hydroxyl groups excluding tert-OH is 1. The summed E-state index contributed by atoms with van der Waals surface area (Å²) in [6.45, 7) is -1.76. The number of carboxylic acid groups (broad SMARTS) is 1. The number of carboxylic acids is 1. The van der Waals surface area contributed by atoms with Crippen LogP contribution in [0.4, 0.5) is 0 Å². The largest absolute Gasteiger partial charge is 0.480 e. The third kappa shape index (κ3) is 22.5. The first kappa shape index (κ1) is 71.1. The van der Waals surface area contributed by atoms with Crippen LogP contribution in [-0.4, -0.2) is 197 Å². The van der Waals surface area contributed by atoms with Crippen molar-refractivity contribution in [2.45, 2.75) is 125 Å². The molecule has 18 N–H and O–H groups in total. The Kier molecular flexibility index (Phi) is 28.3. The molecule has 2 aliphatic rings. The lowest BCUT2D eigenvalue weighted by Crippen LogP contribution is -2.61. The number of hydrogen-bond acceptors (Lipinski definition) is 14. The number of aliphatic imine (C=N–C) groups is 2. The number of carbonyl (C=O) groups is 10. The second-order valence-electron chi connectivity index (χ2n) is 22.5. The maximum atomic E-state index is 15.0. The number of rotatable bonds is 28. The predicted octanol–water partition coefficient (Wildman–Crippen LogP) is -2.18. The van der Waals surface area contributed by atoms with Crippen LogP contribution in [-0.2, 0) is 73.6 Å². The minimum absolute atomic E-state index is 0.00567. The lowest BCUT2D eigenvalue weighted by atomic mass is 10.0. The molecule has 28 heteroatoms. The van der Waals surface area contributed by atoms with Crippen LogP contribution in [0.3, 0.4) is 0 Å². The van der Waals surface area contributed by atoms with Crippen LogP contribution in [0.25, 0.3) is 0 Å². The van der Waals surface area contributed by atoms with Gasteiger partial charge in [-0.25, -0.2) is 4.79 Å². The number of aliphatic carboxylic acids is 1. The number of nitrogens with one attached hydrogen (secondary N) is 6. The van der Waals surface area contributed by atoms with Crippen LogP contribution in [0.15, 0.2) is 131 Å². The molecular weight excluding hydrogens is 1180 g/mol. The monoisotopic (exact) mass is 1270 g/mol. The molecule has 0 spiro atoms. The summed E-state index contributed by atoms with van der Waals surface area (Å²) in [7, 11) is 0. The topological polar surface area (TPSA) is 448 Å². The highest BCUT2D eigenvalue weighted by atomic mass is 16.4. The molecule has 0 saturated carbocycles. The fourth-order valence-electron chi connectivity index (χ4n) is 10.9. The number of hydrogen-bond donors (Lipinski definition) is 13. The number of fused-ring (bicyclic) bond motifs is 1. The van der Waals surface area contributed by atoms with E-state index in [1.165, 1.54) is 9.80 Å². The summed E-state index contributed by atoms with van der Waals surface area (Å²) in [4.78, 5) is 155. The zero-order valence-electron chi connectivity index (χ0n) is 51.4. The molecule has 8 atom stereocenters. The van der Waals surface area contributed by atoms with Crippen LogP contribution in [0, 0.1) is 0 Å². The lowest BCUT2D eigenvalue weighted by Gasteiger charge is -2.36. The molecule has 28 nitrogen and oxygen atoms in total. The van der Waals surface area contributed by atoms with Gasteiger partial charge in [-0.05, 0) is 67.2 Å². The number of carbonyl (C=O) groups excluding carboxylic acids is 9. The molecule has 0 bridgehead atoms. The Hall–Kier alpha value is -9.96. The Bertz CT molecular complexity index is 3170. The lowest BCUT2D eigenvalue weighted by molar-refractivity contribution is -0.149. The van der Waals surface area contributed by atoms with Crippen molar-refractivity contribution in [1.82, 2.24) is 46.6 Å². The van der Waals surface area contributed by atoms with E-state index in [2.05, 4.69) is 41.9 Å². The normalized spacial score (nSPS) is 17.7. The van der Waals surface area contributed by atoms with Crippen LogP contribution in [0.5, 0.6) is 0 Å². The summed E-state index contributed by atoms with van der Waals surface area (Å²) in [5.41, 5.74) is 30.8. The van der Waals surface area contributed by atoms with Gasteiger partial charge in [0, 0.05) is 71.4 Å². The third-order valence-corrected chi connectivity index (χ3v) is 15.7. The fraction of sp³-hybridized carbons (Fsp3) is 0.438. The van der Waals surface area contributed by atoms with Gasteiger partial charge in [-0.15, -0.1) is 0 Å². The molecule has 4 aromatic carbocycles. The van der Waals surface area contributed by atoms with Crippen molar-refractivity contribution >= 4 is 71.1 Å². The first-order chi connectivity index (χ1) is 44.2. The summed E-state index contributed by atoms with van der Waals surface area (Å²) >= 11 is 0. The van der Waals surface area contributed by atoms with E-state index in [0.29, 0.717) is 29.5 Å². The van der Waals surface area contributed by atoms with E-state index in [-0.39, 0.29) is 109 Å². The number of aliphatic hydroxyl groups is 1. The van der Waals surface area contributed by atoms with E-state index in [1.807, 2.05) is 18.2 Å². The smallest absolute Gasteiger partial charge is 0.326 e. The summed E-state index contributed by atoms with van der Waals surface area (Å²) < 4.78 is 0. The van der Waals surface area contributed by atoms with Crippen molar-refractivity contribution in [2.24, 2.45) is 38.7 Å². The van der Waals surface area contributed by atoms with Crippen molar-refractivity contribution < 1.29 is 58.2 Å². The summed E-state index contributed by atoms with van der Waals surface area (Å²) in [5.74, 6) is -8.59. The molecule has 2 fully saturated rings. The number of nitrogens with two attached hydrogens (primary N) is 5. The van der Waals surface area contributed by atoms with Gasteiger partial charge in [0.25, 0.3) is 0 Å². The molecule has 9 amide bonds. The summed E-state index contributed by atoms with van der Waals surface area (Å²) in [5, 5.41) is 36.8. The van der Waals surface area contributed by atoms with Crippen molar-refractivity contribution in [2.75, 3.05) is 52.4 Å². The molecule has 2 saturated heterocycles. The minimum atomic E-state index is -1.79. The van der Waals surface area contributed by atoms with Gasteiger partial charge < -0.3 is 85.5 Å². The Morgan fingerprint density at radius 3 is 1.60 bits per heavy atom. The van der Waals surface area contributed by atoms with Gasteiger partial charge in [-0.3, -0.25) is 53.1 Å². The van der Waals surface area contributed by atoms with Crippen molar-refractivity contribution in [3.8, 4) is 0 Å². The molecule has 2 aliphatic heterocycles. The maximum absolute atomic E-state index is 15.0. The molecular formula is C64H86N16O12. The van der Waals surface area contributed by atoms with E-state index < -0.39 is 127 Å². The molecule has 4 aromatic rings. The number of benzene rings is 4. The molecule has 92 heavy (non-hydrogen) atoms. The molecule has 0 aromatic heterocycles.